The Morgan fingerprint density at radius 3 is 2.65 bits per heavy atom. The number of para-hydroxylation sites is 2. The SMILES string of the molecule is O=C(C1CCNC1)N1CCC(n2c(=O)[nH]c3ccccc32)CC1. The van der Waals surface area contributed by atoms with E-state index in [9.17, 15) is 9.59 Å². The van der Waals surface area contributed by atoms with Crippen molar-refractivity contribution in [2.24, 2.45) is 5.92 Å². The number of benzene rings is 1. The van der Waals surface area contributed by atoms with Crippen LogP contribution in [0.2, 0.25) is 0 Å². The van der Waals surface area contributed by atoms with E-state index in [1.165, 1.54) is 0 Å². The van der Waals surface area contributed by atoms with Gasteiger partial charge in [-0.25, -0.2) is 4.79 Å². The zero-order valence-corrected chi connectivity index (χ0v) is 13.1. The van der Waals surface area contributed by atoms with Gasteiger partial charge in [0.1, 0.15) is 0 Å². The number of carbonyl (C=O) groups excluding carboxylic acids is 1. The number of aromatic amines is 1. The van der Waals surface area contributed by atoms with Gasteiger partial charge in [0.2, 0.25) is 5.91 Å². The molecule has 2 N–H and O–H groups in total. The fraction of sp³-hybridized carbons (Fsp3) is 0.529. The van der Waals surface area contributed by atoms with E-state index >= 15 is 0 Å². The first kappa shape index (κ1) is 14.5. The molecule has 2 fully saturated rings. The minimum absolute atomic E-state index is 0.0454. The van der Waals surface area contributed by atoms with E-state index in [0.29, 0.717) is 0 Å². The van der Waals surface area contributed by atoms with E-state index < -0.39 is 0 Å². The summed E-state index contributed by atoms with van der Waals surface area (Å²) in [5.41, 5.74) is 1.80. The average molecular weight is 314 g/mol. The van der Waals surface area contributed by atoms with E-state index in [1.54, 1.807) is 0 Å². The lowest BCUT2D eigenvalue weighted by Crippen LogP contribution is -2.43. The van der Waals surface area contributed by atoms with Gasteiger partial charge in [-0.05, 0) is 37.9 Å². The quantitative estimate of drug-likeness (QED) is 0.872. The molecule has 23 heavy (non-hydrogen) atoms. The van der Waals surface area contributed by atoms with Crippen LogP contribution in [-0.2, 0) is 4.79 Å². The standard InChI is InChI=1S/C17H22N4O2/c22-16(12-5-8-18-11-12)20-9-6-13(7-10-20)21-15-4-2-1-3-14(15)19-17(21)23/h1-4,12-13,18H,5-11H2,(H,19,23). The normalized spacial score (nSPS) is 22.8. The van der Waals surface area contributed by atoms with E-state index in [-0.39, 0.29) is 23.6 Å². The predicted molar refractivity (Wildman–Crippen MR) is 88.4 cm³/mol. The number of carbonyl (C=O) groups is 1. The highest BCUT2D eigenvalue weighted by atomic mass is 16.2. The molecule has 4 rings (SSSR count). The van der Waals surface area contributed by atoms with Gasteiger partial charge in [-0.2, -0.15) is 0 Å². The zero-order chi connectivity index (χ0) is 15.8. The first-order valence-corrected chi connectivity index (χ1v) is 8.43. The second-order valence-corrected chi connectivity index (χ2v) is 6.56. The summed E-state index contributed by atoms with van der Waals surface area (Å²) in [7, 11) is 0. The molecule has 1 unspecified atom stereocenters. The van der Waals surface area contributed by atoms with Gasteiger partial charge in [0, 0.05) is 25.7 Å². The molecule has 0 aliphatic carbocycles. The number of amides is 1. The van der Waals surface area contributed by atoms with Crippen molar-refractivity contribution in [3.8, 4) is 0 Å². The van der Waals surface area contributed by atoms with Gasteiger partial charge in [0.15, 0.2) is 0 Å². The molecule has 6 heteroatoms. The number of nitrogens with zero attached hydrogens (tertiary/aromatic N) is 2. The van der Waals surface area contributed by atoms with Gasteiger partial charge in [0.05, 0.1) is 17.0 Å². The molecule has 2 aliphatic rings. The first-order valence-electron chi connectivity index (χ1n) is 8.43. The van der Waals surface area contributed by atoms with Crippen LogP contribution in [0.15, 0.2) is 29.1 Å². The number of nitrogens with one attached hydrogen (secondary N) is 2. The summed E-state index contributed by atoms with van der Waals surface area (Å²) in [6, 6.07) is 7.97. The lowest BCUT2D eigenvalue weighted by Gasteiger charge is -2.34. The van der Waals surface area contributed by atoms with E-state index in [1.807, 2.05) is 33.7 Å². The Morgan fingerprint density at radius 1 is 1.13 bits per heavy atom. The minimum atomic E-state index is -0.0454. The number of H-pyrrole nitrogens is 1. The Kier molecular flexibility index (Phi) is 3.69. The van der Waals surface area contributed by atoms with Crippen molar-refractivity contribution < 1.29 is 4.79 Å². The number of likely N-dealkylation sites (tertiary alicyclic amines) is 1. The molecular formula is C17H22N4O2. The Balaban J connectivity index is 1.49. The van der Waals surface area contributed by atoms with Crippen LogP contribution in [-0.4, -0.2) is 46.5 Å². The molecule has 2 aliphatic heterocycles. The second-order valence-electron chi connectivity index (χ2n) is 6.56. The minimum Gasteiger partial charge on any atom is -0.342 e. The predicted octanol–water partition coefficient (Wildman–Crippen LogP) is 1.10. The number of fused-ring (bicyclic) bond motifs is 1. The lowest BCUT2D eigenvalue weighted by atomic mass is 10.0. The Labute approximate surface area is 134 Å². The summed E-state index contributed by atoms with van der Waals surface area (Å²) in [4.78, 5) is 29.7. The summed E-state index contributed by atoms with van der Waals surface area (Å²) in [5, 5.41) is 3.25. The molecular weight excluding hydrogens is 292 g/mol. The molecule has 122 valence electrons. The van der Waals surface area contributed by atoms with E-state index in [2.05, 4.69) is 10.3 Å². The Bertz CT molecular complexity index is 764. The third-order valence-electron chi connectivity index (χ3n) is 5.17. The fourth-order valence-electron chi connectivity index (χ4n) is 3.90. The van der Waals surface area contributed by atoms with Crippen LogP contribution in [0.5, 0.6) is 0 Å². The maximum atomic E-state index is 12.5. The Morgan fingerprint density at radius 2 is 1.91 bits per heavy atom. The summed E-state index contributed by atoms with van der Waals surface area (Å²) < 4.78 is 1.87. The van der Waals surface area contributed by atoms with Crippen LogP contribution >= 0.6 is 0 Å². The van der Waals surface area contributed by atoms with Gasteiger partial charge in [-0.15, -0.1) is 0 Å². The van der Waals surface area contributed by atoms with Gasteiger partial charge in [-0.1, -0.05) is 12.1 Å². The maximum absolute atomic E-state index is 12.5. The molecule has 3 heterocycles. The topological polar surface area (TPSA) is 70.1 Å². The highest BCUT2D eigenvalue weighted by Gasteiger charge is 2.31. The number of piperidine rings is 1. The molecule has 0 spiro atoms. The molecule has 2 saturated heterocycles. The average Bonchev–Trinajstić information content (AvgIpc) is 3.21. The second kappa shape index (κ2) is 5.85. The third kappa shape index (κ3) is 2.57. The third-order valence-corrected chi connectivity index (χ3v) is 5.17. The van der Waals surface area contributed by atoms with Crippen molar-refractivity contribution >= 4 is 16.9 Å². The monoisotopic (exact) mass is 314 g/mol. The van der Waals surface area contributed by atoms with Crippen molar-refractivity contribution in [2.75, 3.05) is 26.2 Å². The van der Waals surface area contributed by atoms with E-state index in [0.717, 1.165) is 56.5 Å². The molecule has 0 bridgehead atoms. The van der Waals surface area contributed by atoms with Crippen LogP contribution in [0, 0.1) is 5.92 Å². The molecule has 6 nitrogen and oxygen atoms in total. The van der Waals surface area contributed by atoms with Crippen LogP contribution in [0.25, 0.3) is 11.0 Å². The summed E-state index contributed by atoms with van der Waals surface area (Å²) in [6.45, 7) is 3.23. The summed E-state index contributed by atoms with van der Waals surface area (Å²) in [5.74, 6) is 0.419. The van der Waals surface area contributed by atoms with Crippen LogP contribution < -0.4 is 11.0 Å². The molecule has 1 atom stereocenters. The number of imidazole rings is 1. The smallest absolute Gasteiger partial charge is 0.326 e. The lowest BCUT2D eigenvalue weighted by molar-refractivity contribution is -0.136. The fourth-order valence-corrected chi connectivity index (χ4v) is 3.90. The van der Waals surface area contributed by atoms with Crippen LogP contribution in [0.4, 0.5) is 0 Å². The van der Waals surface area contributed by atoms with Crippen LogP contribution in [0.1, 0.15) is 25.3 Å². The molecule has 1 amide bonds. The first-order chi connectivity index (χ1) is 11.2. The van der Waals surface area contributed by atoms with Crippen molar-refractivity contribution in [1.29, 1.82) is 0 Å². The van der Waals surface area contributed by atoms with Crippen LogP contribution in [0.3, 0.4) is 0 Å². The molecule has 1 aromatic heterocycles. The van der Waals surface area contributed by atoms with E-state index in [4.69, 9.17) is 0 Å². The summed E-state index contributed by atoms with van der Waals surface area (Å²) >= 11 is 0. The van der Waals surface area contributed by atoms with Gasteiger partial charge in [-0.3, -0.25) is 9.36 Å². The van der Waals surface area contributed by atoms with Gasteiger partial charge in [0.25, 0.3) is 0 Å². The molecule has 2 aromatic rings. The Hall–Kier alpha value is -2.08. The van der Waals surface area contributed by atoms with Crippen molar-refractivity contribution in [2.45, 2.75) is 25.3 Å². The summed E-state index contributed by atoms with van der Waals surface area (Å²) in [6.07, 6.45) is 2.63. The number of hydrogen-bond donors (Lipinski definition) is 2. The van der Waals surface area contributed by atoms with Crippen molar-refractivity contribution in [3.63, 3.8) is 0 Å². The molecule has 1 aromatic carbocycles. The van der Waals surface area contributed by atoms with Crippen molar-refractivity contribution in [1.82, 2.24) is 19.8 Å². The number of rotatable bonds is 2. The highest BCUT2D eigenvalue weighted by molar-refractivity contribution is 5.79. The van der Waals surface area contributed by atoms with Crippen molar-refractivity contribution in [3.05, 3.63) is 34.7 Å². The highest BCUT2D eigenvalue weighted by Crippen LogP contribution is 2.26. The largest absolute Gasteiger partial charge is 0.342 e. The molecule has 0 radical (unpaired) electrons. The zero-order valence-electron chi connectivity index (χ0n) is 13.1. The number of hydrogen-bond acceptors (Lipinski definition) is 3. The van der Waals surface area contributed by atoms with Gasteiger partial charge >= 0.3 is 5.69 Å². The molecule has 0 saturated carbocycles. The van der Waals surface area contributed by atoms with Gasteiger partial charge < -0.3 is 15.2 Å². The maximum Gasteiger partial charge on any atom is 0.326 e. The number of aromatic nitrogens is 2.